The second kappa shape index (κ2) is 5.82. The molecule has 7 nitrogen and oxygen atoms in total. The van der Waals surface area contributed by atoms with Gasteiger partial charge < -0.3 is 4.90 Å². The molecule has 1 unspecified atom stereocenters. The highest BCUT2D eigenvalue weighted by Crippen LogP contribution is 2.18. The van der Waals surface area contributed by atoms with E-state index < -0.39 is 32.1 Å². The standard InChI is InChI=1S/C15H15FN4O3S/c1-24(17,23)10-8-19(9-10)15(22)14-13(21)6-7-20(18-14)12-5-3-2-4-11(12)16/h2-7,10,17H,8-9H2,1H3. The lowest BCUT2D eigenvalue weighted by Crippen LogP contribution is -2.57. The molecule has 1 saturated heterocycles. The van der Waals surface area contributed by atoms with Gasteiger partial charge in [0.15, 0.2) is 5.69 Å². The Balaban J connectivity index is 1.90. The number of carbonyl (C=O) groups excluding carboxylic acids is 1. The number of hydrogen-bond acceptors (Lipinski definition) is 5. The summed E-state index contributed by atoms with van der Waals surface area (Å²) in [6.45, 7) is 0.292. The summed E-state index contributed by atoms with van der Waals surface area (Å²) in [6.07, 6.45) is 2.62. The highest BCUT2D eigenvalue weighted by atomic mass is 32.2. The maximum Gasteiger partial charge on any atom is 0.278 e. The first kappa shape index (κ1) is 16.3. The average Bonchev–Trinajstić information content (AvgIpc) is 2.45. The van der Waals surface area contributed by atoms with E-state index in [2.05, 4.69) is 5.10 Å². The van der Waals surface area contributed by atoms with Gasteiger partial charge in [0.05, 0.1) is 5.25 Å². The van der Waals surface area contributed by atoms with Crippen LogP contribution in [0.25, 0.3) is 5.69 Å². The molecule has 0 spiro atoms. The van der Waals surface area contributed by atoms with E-state index in [0.717, 1.165) is 10.7 Å². The zero-order valence-electron chi connectivity index (χ0n) is 12.8. The number of likely N-dealkylation sites (tertiary alicyclic amines) is 1. The summed E-state index contributed by atoms with van der Waals surface area (Å²) in [5.74, 6) is -1.14. The molecule has 2 aromatic rings. The van der Waals surface area contributed by atoms with Crippen molar-refractivity contribution in [2.24, 2.45) is 0 Å². The third-order valence-electron chi connectivity index (χ3n) is 3.88. The van der Waals surface area contributed by atoms with E-state index in [1.807, 2.05) is 0 Å². The number of nitrogens with one attached hydrogen (secondary N) is 1. The van der Waals surface area contributed by atoms with Crippen LogP contribution < -0.4 is 5.43 Å². The van der Waals surface area contributed by atoms with Gasteiger partial charge in [-0.1, -0.05) is 12.1 Å². The van der Waals surface area contributed by atoms with Crippen molar-refractivity contribution in [2.75, 3.05) is 19.3 Å². The maximum absolute atomic E-state index is 13.8. The summed E-state index contributed by atoms with van der Waals surface area (Å²) in [4.78, 5) is 25.6. The van der Waals surface area contributed by atoms with Crippen molar-refractivity contribution in [3.05, 3.63) is 58.3 Å². The van der Waals surface area contributed by atoms with Crippen LogP contribution in [0.1, 0.15) is 10.5 Å². The molecule has 0 aliphatic carbocycles. The second-order valence-corrected chi connectivity index (χ2v) is 8.14. The first-order valence-electron chi connectivity index (χ1n) is 7.14. The maximum atomic E-state index is 13.8. The first-order valence-corrected chi connectivity index (χ1v) is 9.17. The first-order chi connectivity index (χ1) is 11.3. The lowest BCUT2D eigenvalue weighted by molar-refractivity contribution is 0.0651. The molecular weight excluding hydrogens is 335 g/mol. The van der Waals surface area contributed by atoms with Crippen molar-refractivity contribution >= 4 is 15.6 Å². The van der Waals surface area contributed by atoms with Crippen molar-refractivity contribution < 1.29 is 13.4 Å². The Labute approximate surface area is 137 Å². The minimum absolute atomic E-state index is 0.121. The summed E-state index contributed by atoms with van der Waals surface area (Å²) in [5, 5.41) is 3.54. The summed E-state index contributed by atoms with van der Waals surface area (Å²) < 4.78 is 34.1. The van der Waals surface area contributed by atoms with Gasteiger partial charge in [-0.25, -0.2) is 13.3 Å². The van der Waals surface area contributed by atoms with Gasteiger partial charge >= 0.3 is 0 Å². The molecule has 1 N–H and O–H groups in total. The second-order valence-electron chi connectivity index (χ2n) is 5.66. The molecule has 0 saturated carbocycles. The van der Waals surface area contributed by atoms with E-state index in [0.29, 0.717) is 0 Å². The van der Waals surface area contributed by atoms with Crippen LogP contribution >= 0.6 is 0 Å². The summed E-state index contributed by atoms with van der Waals surface area (Å²) in [6, 6.07) is 7.02. The molecule has 9 heteroatoms. The number of benzene rings is 1. The molecule has 2 heterocycles. The van der Waals surface area contributed by atoms with Gasteiger partial charge in [0, 0.05) is 41.3 Å². The van der Waals surface area contributed by atoms with E-state index in [1.165, 1.54) is 35.6 Å². The zero-order valence-corrected chi connectivity index (χ0v) is 13.6. The molecule has 1 aromatic heterocycles. The monoisotopic (exact) mass is 350 g/mol. The largest absolute Gasteiger partial charge is 0.335 e. The lowest BCUT2D eigenvalue weighted by atomic mass is 10.2. The minimum atomic E-state index is -2.73. The number of rotatable bonds is 3. The molecule has 126 valence electrons. The molecular formula is C15H15FN4O3S. The molecule has 24 heavy (non-hydrogen) atoms. The van der Waals surface area contributed by atoms with Crippen LogP contribution in [0.5, 0.6) is 0 Å². The molecule has 1 fully saturated rings. The predicted molar refractivity (Wildman–Crippen MR) is 86.3 cm³/mol. The minimum Gasteiger partial charge on any atom is -0.335 e. The molecule has 1 aliphatic rings. The highest BCUT2D eigenvalue weighted by molar-refractivity contribution is 7.92. The molecule has 1 atom stereocenters. The van der Waals surface area contributed by atoms with Crippen LogP contribution in [0.15, 0.2) is 41.3 Å². The number of hydrogen-bond donors (Lipinski definition) is 1. The topological polar surface area (TPSA) is 96.1 Å². The number of amides is 1. The summed E-state index contributed by atoms with van der Waals surface area (Å²) in [5.41, 5.74) is -0.776. The Kier molecular flexibility index (Phi) is 3.96. The molecule has 3 rings (SSSR count). The molecule has 1 aliphatic heterocycles. The average molecular weight is 350 g/mol. The van der Waals surface area contributed by atoms with E-state index in [4.69, 9.17) is 4.78 Å². The van der Waals surface area contributed by atoms with E-state index >= 15 is 0 Å². The number of nitrogens with zero attached hydrogens (tertiary/aromatic N) is 3. The smallest absolute Gasteiger partial charge is 0.278 e. The van der Waals surface area contributed by atoms with Gasteiger partial charge in [0.25, 0.3) is 5.91 Å². The van der Waals surface area contributed by atoms with Crippen LogP contribution in [0.4, 0.5) is 4.39 Å². The van der Waals surface area contributed by atoms with Gasteiger partial charge in [0.1, 0.15) is 11.5 Å². The number of halogens is 1. The fourth-order valence-corrected chi connectivity index (χ4v) is 3.29. The molecule has 0 radical (unpaired) electrons. The van der Waals surface area contributed by atoms with Crippen LogP contribution in [-0.2, 0) is 9.73 Å². The fourth-order valence-electron chi connectivity index (χ4n) is 2.37. The quantitative estimate of drug-likeness (QED) is 0.888. The van der Waals surface area contributed by atoms with Gasteiger partial charge in [-0.15, -0.1) is 0 Å². The van der Waals surface area contributed by atoms with Gasteiger partial charge in [-0.2, -0.15) is 5.10 Å². The third-order valence-corrected chi connectivity index (χ3v) is 5.45. The Morgan fingerprint density at radius 2 is 2.00 bits per heavy atom. The van der Waals surface area contributed by atoms with E-state index in [-0.39, 0.29) is 24.5 Å². The molecule has 0 bridgehead atoms. The van der Waals surface area contributed by atoms with Crippen molar-refractivity contribution in [2.45, 2.75) is 5.25 Å². The van der Waals surface area contributed by atoms with Crippen molar-refractivity contribution in [1.29, 1.82) is 4.78 Å². The highest BCUT2D eigenvalue weighted by Gasteiger charge is 2.37. The summed E-state index contributed by atoms with van der Waals surface area (Å²) in [7, 11) is -2.73. The number of carbonyl (C=O) groups is 1. The van der Waals surface area contributed by atoms with Gasteiger partial charge in [-0.05, 0) is 12.1 Å². The van der Waals surface area contributed by atoms with E-state index in [9.17, 15) is 18.2 Å². The van der Waals surface area contributed by atoms with Crippen LogP contribution in [0.2, 0.25) is 0 Å². The third kappa shape index (κ3) is 2.94. The molecule has 1 amide bonds. The van der Waals surface area contributed by atoms with Crippen molar-refractivity contribution in [1.82, 2.24) is 14.7 Å². The summed E-state index contributed by atoms with van der Waals surface area (Å²) >= 11 is 0. The number of aromatic nitrogens is 2. The van der Waals surface area contributed by atoms with Crippen LogP contribution in [-0.4, -0.2) is 49.4 Å². The zero-order chi connectivity index (χ0) is 17.5. The normalized spacial score (nSPS) is 17.2. The van der Waals surface area contributed by atoms with Crippen LogP contribution in [0, 0.1) is 10.6 Å². The lowest BCUT2D eigenvalue weighted by Gasteiger charge is -2.38. The van der Waals surface area contributed by atoms with Gasteiger partial charge in [-0.3, -0.25) is 14.4 Å². The fraction of sp³-hybridized carbons (Fsp3) is 0.267. The SMILES string of the molecule is CS(=N)(=O)C1CN(C(=O)c2nn(-c3ccccc3F)ccc2=O)C1. The van der Waals surface area contributed by atoms with Crippen molar-refractivity contribution in [3.8, 4) is 5.69 Å². The van der Waals surface area contributed by atoms with Crippen LogP contribution in [0.3, 0.4) is 0 Å². The van der Waals surface area contributed by atoms with E-state index in [1.54, 1.807) is 6.07 Å². The predicted octanol–water partition coefficient (Wildman–Crippen LogP) is 0.873. The Bertz CT molecular complexity index is 965. The molecule has 1 aromatic carbocycles. The number of para-hydroxylation sites is 1. The Hall–Kier alpha value is -2.55. The van der Waals surface area contributed by atoms with Gasteiger partial charge in [0.2, 0.25) is 5.43 Å². The Morgan fingerprint density at radius 1 is 1.33 bits per heavy atom. The Morgan fingerprint density at radius 3 is 2.62 bits per heavy atom. The van der Waals surface area contributed by atoms with Crippen molar-refractivity contribution in [3.63, 3.8) is 0 Å².